The van der Waals surface area contributed by atoms with Gasteiger partial charge >= 0.3 is 0 Å². The van der Waals surface area contributed by atoms with E-state index in [9.17, 15) is 0 Å². The molecule has 0 N–H and O–H groups in total. The maximum Gasteiger partial charge on any atom is 0.119 e. The van der Waals surface area contributed by atoms with Gasteiger partial charge in [0.1, 0.15) is 5.75 Å². The molecule has 0 spiro atoms. The Kier molecular flexibility index (Phi) is 2.23. The quantitative estimate of drug-likeness (QED) is 0.694. The third-order valence-electron chi connectivity index (χ3n) is 2.31. The molecule has 0 radical (unpaired) electrons. The molecule has 70 valence electrons. The van der Waals surface area contributed by atoms with Crippen LogP contribution in [0.1, 0.15) is 5.56 Å². The van der Waals surface area contributed by atoms with Crippen LogP contribution in [0, 0.1) is 0 Å². The Morgan fingerprint density at radius 2 is 1.79 bits per heavy atom. The molecule has 2 rings (SSSR count). The van der Waals surface area contributed by atoms with E-state index in [1.54, 1.807) is 7.11 Å². The van der Waals surface area contributed by atoms with Crippen LogP contribution < -0.4 is 4.74 Å². The summed E-state index contributed by atoms with van der Waals surface area (Å²) >= 11 is 0. The van der Waals surface area contributed by atoms with E-state index in [1.807, 2.05) is 18.2 Å². The lowest BCUT2D eigenvalue weighted by Crippen LogP contribution is -1.82. The lowest BCUT2D eigenvalue weighted by atomic mass is 10.1. The molecule has 0 bridgehead atoms. The molecule has 0 saturated heterocycles. The highest BCUT2D eigenvalue weighted by atomic mass is 16.5. The summed E-state index contributed by atoms with van der Waals surface area (Å²) in [4.78, 5) is 0. The van der Waals surface area contributed by atoms with Crippen LogP contribution in [-0.4, -0.2) is 7.11 Å². The predicted octanol–water partition coefficient (Wildman–Crippen LogP) is 3.49. The van der Waals surface area contributed by atoms with E-state index < -0.39 is 0 Å². The van der Waals surface area contributed by atoms with Crippen molar-refractivity contribution in [3.8, 4) is 5.75 Å². The Balaban J connectivity index is 2.63. The number of fused-ring (bicyclic) bond motifs is 1. The Morgan fingerprint density at radius 3 is 2.50 bits per heavy atom. The van der Waals surface area contributed by atoms with Crippen molar-refractivity contribution in [2.75, 3.05) is 7.11 Å². The maximum atomic E-state index is 5.16. The first-order chi connectivity index (χ1) is 6.83. The van der Waals surface area contributed by atoms with Crippen molar-refractivity contribution >= 4 is 16.8 Å². The first-order valence-corrected chi connectivity index (χ1v) is 4.54. The molecule has 1 heteroatoms. The van der Waals surface area contributed by atoms with Gasteiger partial charge in [-0.15, -0.1) is 0 Å². The van der Waals surface area contributed by atoms with Crippen LogP contribution in [0.15, 0.2) is 43.0 Å². The maximum absolute atomic E-state index is 5.16. The highest BCUT2D eigenvalue weighted by Crippen LogP contribution is 2.21. The lowest BCUT2D eigenvalue weighted by Gasteiger charge is -2.03. The molecular weight excluding hydrogens is 172 g/mol. The fourth-order valence-corrected chi connectivity index (χ4v) is 1.50. The molecule has 0 fully saturated rings. The molecule has 0 atom stereocenters. The molecule has 0 amide bonds. The van der Waals surface area contributed by atoms with Crippen molar-refractivity contribution < 1.29 is 4.74 Å². The lowest BCUT2D eigenvalue weighted by molar-refractivity contribution is 0.415. The highest BCUT2D eigenvalue weighted by molar-refractivity contribution is 5.85. The van der Waals surface area contributed by atoms with Crippen LogP contribution >= 0.6 is 0 Å². The van der Waals surface area contributed by atoms with Crippen molar-refractivity contribution in [1.82, 2.24) is 0 Å². The van der Waals surface area contributed by atoms with Crippen molar-refractivity contribution in [2.45, 2.75) is 0 Å². The van der Waals surface area contributed by atoms with Crippen LogP contribution in [-0.2, 0) is 0 Å². The first kappa shape index (κ1) is 8.82. The molecular formula is C13H12O. The van der Waals surface area contributed by atoms with Crippen LogP contribution in [0.3, 0.4) is 0 Å². The Hall–Kier alpha value is -1.76. The molecule has 0 saturated carbocycles. The van der Waals surface area contributed by atoms with E-state index in [4.69, 9.17) is 4.74 Å². The number of hydrogen-bond acceptors (Lipinski definition) is 1. The molecule has 2 aromatic rings. The normalized spacial score (nSPS) is 10.1. The van der Waals surface area contributed by atoms with E-state index in [0.29, 0.717) is 0 Å². The summed E-state index contributed by atoms with van der Waals surface area (Å²) in [5.41, 5.74) is 1.14. The standard InChI is InChI=1S/C13H12O/c1-3-10-4-5-12-9-13(14-2)7-6-11(12)8-10/h3-9H,1H2,2H3. The number of ether oxygens (including phenoxy) is 1. The zero-order chi connectivity index (χ0) is 9.97. The van der Waals surface area contributed by atoms with Gasteiger partial charge in [-0.2, -0.15) is 0 Å². The molecule has 0 aromatic heterocycles. The minimum absolute atomic E-state index is 0.892. The number of methoxy groups -OCH3 is 1. The van der Waals surface area contributed by atoms with Gasteiger partial charge in [0.2, 0.25) is 0 Å². The average Bonchev–Trinajstić information content (AvgIpc) is 2.27. The minimum atomic E-state index is 0.892. The van der Waals surface area contributed by atoms with Crippen molar-refractivity contribution in [3.05, 3.63) is 48.5 Å². The second kappa shape index (κ2) is 3.54. The van der Waals surface area contributed by atoms with Gasteiger partial charge in [-0.25, -0.2) is 0 Å². The van der Waals surface area contributed by atoms with E-state index >= 15 is 0 Å². The van der Waals surface area contributed by atoms with E-state index in [2.05, 4.69) is 30.8 Å². The van der Waals surface area contributed by atoms with Crippen LogP contribution in [0.5, 0.6) is 5.75 Å². The molecule has 1 nitrogen and oxygen atoms in total. The summed E-state index contributed by atoms with van der Waals surface area (Å²) in [6.07, 6.45) is 1.85. The van der Waals surface area contributed by atoms with Gasteiger partial charge in [-0.05, 0) is 34.5 Å². The summed E-state index contributed by atoms with van der Waals surface area (Å²) in [5, 5.41) is 2.40. The SMILES string of the molecule is C=Cc1ccc2cc(OC)ccc2c1. The second-order valence-electron chi connectivity index (χ2n) is 3.18. The number of rotatable bonds is 2. The third kappa shape index (κ3) is 1.49. The number of hydrogen-bond donors (Lipinski definition) is 0. The van der Waals surface area contributed by atoms with Crippen molar-refractivity contribution in [3.63, 3.8) is 0 Å². The van der Waals surface area contributed by atoms with Gasteiger partial charge in [0.15, 0.2) is 0 Å². The second-order valence-corrected chi connectivity index (χ2v) is 3.18. The summed E-state index contributed by atoms with van der Waals surface area (Å²) in [6.45, 7) is 3.75. The minimum Gasteiger partial charge on any atom is -0.497 e. The highest BCUT2D eigenvalue weighted by Gasteiger charge is 1.96. The number of benzene rings is 2. The molecule has 0 aliphatic carbocycles. The Bertz CT molecular complexity index is 472. The zero-order valence-electron chi connectivity index (χ0n) is 8.16. The van der Waals surface area contributed by atoms with Crippen LogP contribution in [0.4, 0.5) is 0 Å². The monoisotopic (exact) mass is 184 g/mol. The molecule has 0 unspecified atom stereocenters. The van der Waals surface area contributed by atoms with E-state index in [1.165, 1.54) is 10.8 Å². The van der Waals surface area contributed by atoms with E-state index in [0.717, 1.165) is 11.3 Å². The van der Waals surface area contributed by atoms with Gasteiger partial charge in [0, 0.05) is 0 Å². The van der Waals surface area contributed by atoms with Gasteiger partial charge in [-0.3, -0.25) is 0 Å². The van der Waals surface area contributed by atoms with Gasteiger partial charge in [0.05, 0.1) is 7.11 Å². The zero-order valence-corrected chi connectivity index (χ0v) is 8.16. The molecule has 2 aromatic carbocycles. The Labute approximate surface area is 83.6 Å². The third-order valence-corrected chi connectivity index (χ3v) is 2.31. The summed E-state index contributed by atoms with van der Waals surface area (Å²) in [5.74, 6) is 0.892. The van der Waals surface area contributed by atoms with Gasteiger partial charge in [0.25, 0.3) is 0 Å². The predicted molar refractivity (Wildman–Crippen MR) is 60.6 cm³/mol. The smallest absolute Gasteiger partial charge is 0.119 e. The van der Waals surface area contributed by atoms with Gasteiger partial charge in [-0.1, -0.05) is 30.9 Å². The largest absolute Gasteiger partial charge is 0.497 e. The Morgan fingerprint density at radius 1 is 1.07 bits per heavy atom. The van der Waals surface area contributed by atoms with Crippen LogP contribution in [0.25, 0.3) is 16.8 Å². The van der Waals surface area contributed by atoms with Crippen molar-refractivity contribution in [2.24, 2.45) is 0 Å². The summed E-state index contributed by atoms with van der Waals surface area (Å²) < 4.78 is 5.16. The van der Waals surface area contributed by atoms with E-state index in [-0.39, 0.29) is 0 Å². The fraction of sp³-hybridized carbons (Fsp3) is 0.0769. The molecule has 14 heavy (non-hydrogen) atoms. The van der Waals surface area contributed by atoms with Crippen LogP contribution in [0.2, 0.25) is 0 Å². The van der Waals surface area contributed by atoms with Gasteiger partial charge < -0.3 is 4.74 Å². The summed E-state index contributed by atoms with van der Waals surface area (Å²) in [7, 11) is 1.68. The fourth-order valence-electron chi connectivity index (χ4n) is 1.50. The topological polar surface area (TPSA) is 9.23 Å². The average molecular weight is 184 g/mol. The molecule has 0 heterocycles. The molecule has 0 aliphatic heterocycles. The molecule has 0 aliphatic rings. The first-order valence-electron chi connectivity index (χ1n) is 4.54. The van der Waals surface area contributed by atoms with Crippen molar-refractivity contribution in [1.29, 1.82) is 0 Å². The summed E-state index contributed by atoms with van der Waals surface area (Å²) in [6, 6.07) is 12.3.